The van der Waals surface area contributed by atoms with E-state index in [2.05, 4.69) is 5.32 Å². The van der Waals surface area contributed by atoms with Gasteiger partial charge in [0.25, 0.3) is 0 Å². The molecule has 1 saturated carbocycles. The number of alkyl halides is 3. The molecular formula is C16H20F3NO3. The Kier molecular flexibility index (Phi) is 4.77. The van der Waals surface area contributed by atoms with Crippen LogP contribution in [0.2, 0.25) is 0 Å². The Morgan fingerprint density at radius 1 is 1.22 bits per heavy atom. The summed E-state index contributed by atoms with van der Waals surface area (Å²) in [4.78, 5) is 11.6. The van der Waals surface area contributed by atoms with Crippen molar-refractivity contribution >= 4 is 6.09 Å². The van der Waals surface area contributed by atoms with Gasteiger partial charge in [0.1, 0.15) is 17.5 Å². The van der Waals surface area contributed by atoms with Gasteiger partial charge < -0.3 is 14.8 Å². The zero-order valence-corrected chi connectivity index (χ0v) is 13.2. The van der Waals surface area contributed by atoms with Crippen molar-refractivity contribution in [2.75, 3.05) is 0 Å². The Bertz CT molecular complexity index is 560. The van der Waals surface area contributed by atoms with Crippen molar-refractivity contribution in [1.82, 2.24) is 5.32 Å². The van der Waals surface area contributed by atoms with E-state index in [1.165, 1.54) is 12.1 Å². The molecule has 1 aromatic carbocycles. The molecule has 0 spiro atoms. The summed E-state index contributed by atoms with van der Waals surface area (Å²) in [6.07, 6.45) is -4.02. The molecule has 0 bridgehead atoms. The molecule has 23 heavy (non-hydrogen) atoms. The average Bonchev–Trinajstić information content (AvgIpc) is 2.33. The van der Waals surface area contributed by atoms with Crippen LogP contribution in [0.15, 0.2) is 24.3 Å². The van der Waals surface area contributed by atoms with Gasteiger partial charge in [-0.2, -0.15) is 13.2 Å². The molecule has 1 aromatic rings. The fraction of sp³-hybridized carbons (Fsp3) is 0.562. The fourth-order valence-electron chi connectivity index (χ4n) is 2.19. The number of hydrogen-bond acceptors (Lipinski definition) is 3. The summed E-state index contributed by atoms with van der Waals surface area (Å²) < 4.78 is 48.5. The van der Waals surface area contributed by atoms with E-state index in [9.17, 15) is 18.0 Å². The second-order valence-electron chi connectivity index (χ2n) is 6.58. The van der Waals surface area contributed by atoms with Gasteiger partial charge in [-0.1, -0.05) is 6.07 Å². The summed E-state index contributed by atoms with van der Waals surface area (Å²) in [5, 5.41) is 2.70. The zero-order chi connectivity index (χ0) is 17.3. The van der Waals surface area contributed by atoms with Crippen LogP contribution in [-0.2, 0) is 10.9 Å². The Balaban J connectivity index is 1.79. The van der Waals surface area contributed by atoms with Gasteiger partial charge in [0, 0.05) is 18.9 Å². The van der Waals surface area contributed by atoms with E-state index in [1.54, 1.807) is 20.8 Å². The molecule has 0 aliphatic heterocycles. The minimum absolute atomic E-state index is 0.0827. The summed E-state index contributed by atoms with van der Waals surface area (Å²) in [5.41, 5.74) is -1.31. The van der Waals surface area contributed by atoms with E-state index >= 15 is 0 Å². The lowest BCUT2D eigenvalue weighted by molar-refractivity contribution is -0.137. The molecule has 0 aromatic heterocycles. The van der Waals surface area contributed by atoms with Crippen molar-refractivity contribution in [3.05, 3.63) is 29.8 Å². The van der Waals surface area contributed by atoms with Gasteiger partial charge in [-0.15, -0.1) is 0 Å². The minimum Gasteiger partial charge on any atom is -0.490 e. The molecule has 4 nitrogen and oxygen atoms in total. The number of rotatable bonds is 3. The monoisotopic (exact) mass is 331 g/mol. The van der Waals surface area contributed by atoms with Crippen LogP contribution < -0.4 is 10.1 Å². The van der Waals surface area contributed by atoms with E-state index < -0.39 is 23.4 Å². The lowest BCUT2D eigenvalue weighted by Crippen LogP contribution is -2.50. The van der Waals surface area contributed by atoms with E-state index in [4.69, 9.17) is 9.47 Å². The third-order valence-electron chi connectivity index (χ3n) is 3.28. The summed E-state index contributed by atoms with van der Waals surface area (Å²) in [6, 6.07) is 4.70. The van der Waals surface area contributed by atoms with Gasteiger partial charge in [0.2, 0.25) is 0 Å². The zero-order valence-electron chi connectivity index (χ0n) is 13.2. The molecule has 0 saturated heterocycles. The summed E-state index contributed by atoms with van der Waals surface area (Å²) in [5.74, 6) is 0.181. The summed E-state index contributed by atoms with van der Waals surface area (Å²) in [6.45, 7) is 5.31. The van der Waals surface area contributed by atoms with Crippen molar-refractivity contribution in [3.8, 4) is 5.75 Å². The molecule has 1 amide bonds. The van der Waals surface area contributed by atoms with Gasteiger partial charge in [-0.05, 0) is 39.0 Å². The van der Waals surface area contributed by atoms with E-state index in [1.807, 2.05) is 0 Å². The predicted octanol–water partition coefficient (Wildman–Crippen LogP) is 4.14. The first-order valence-electron chi connectivity index (χ1n) is 7.36. The Hall–Kier alpha value is -1.92. The number of ether oxygens (including phenoxy) is 2. The van der Waals surface area contributed by atoms with Gasteiger partial charge in [0.05, 0.1) is 5.56 Å². The summed E-state index contributed by atoms with van der Waals surface area (Å²) >= 11 is 0. The van der Waals surface area contributed by atoms with Crippen molar-refractivity contribution in [3.63, 3.8) is 0 Å². The van der Waals surface area contributed by atoms with Crippen LogP contribution in [0.3, 0.4) is 0 Å². The lowest BCUT2D eigenvalue weighted by Gasteiger charge is -2.36. The van der Waals surface area contributed by atoms with Crippen LogP contribution in [0.25, 0.3) is 0 Å². The smallest absolute Gasteiger partial charge is 0.416 e. The largest absolute Gasteiger partial charge is 0.490 e. The van der Waals surface area contributed by atoms with Crippen molar-refractivity contribution < 1.29 is 27.4 Å². The highest BCUT2D eigenvalue weighted by Gasteiger charge is 2.34. The molecule has 1 aliphatic carbocycles. The van der Waals surface area contributed by atoms with Crippen molar-refractivity contribution in [2.24, 2.45) is 0 Å². The first-order valence-corrected chi connectivity index (χ1v) is 7.36. The Morgan fingerprint density at radius 2 is 1.87 bits per heavy atom. The quantitative estimate of drug-likeness (QED) is 0.905. The maximum atomic E-state index is 12.6. The average molecular weight is 331 g/mol. The number of amides is 1. The predicted molar refractivity (Wildman–Crippen MR) is 78.3 cm³/mol. The summed E-state index contributed by atoms with van der Waals surface area (Å²) in [7, 11) is 0. The van der Waals surface area contributed by atoms with Gasteiger partial charge in [-0.25, -0.2) is 4.79 Å². The molecule has 7 heteroatoms. The highest BCUT2D eigenvalue weighted by Crippen LogP contribution is 2.33. The number of nitrogens with one attached hydrogen (secondary N) is 1. The van der Waals surface area contributed by atoms with E-state index in [0.717, 1.165) is 12.1 Å². The molecule has 0 heterocycles. The van der Waals surface area contributed by atoms with Crippen LogP contribution in [0.5, 0.6) is 5.75 Å². The molecule has 1 aliphatic rings. The maximum Gasteiger partial charge on any atom is 0.416 e. The SMILES string of the molecule is CC(C)(C)OC(=O)NC1CC(Oc2cccc(C(F)(F)F)c2)C1. The van der Waals surface area contributed by atoms with E-state index in [-0.39, 0.29) is 17.9 Å². The van der Waals surface area contributed by atoms with Crippen LogP contribution in [-0.4, -0.2) is 23.8 Å². The van der Waals surface area contributed by atoms with Crippen LogP contribution >= 0.6 is 0 Å². The maximum absolute atomic E-state index is 12.6. The fourth-order valence-corrected chi connectivity index (χ4v) is 2.19. The normalized spacial score (nSPS) is 21.3. The highest BCUT2D eigenvalue weighted by atomic mass is 19.4. The topological polar surface area (TPSA) is 47.6 Å². The highest BCUT2D eigenvalue weighted by molar-refractivity contribution is 5.68. The van der Waals surface area contributed by atoms with Crippen molar-refractivity contribution in [2.45, 2.75) is 57.5 Å². The standard InChI is InChI=1S/C16H20F3NO3/c1-15(2,3)23-14(21)20-11-8-13(9-11)22-12-6-4-5-10(7-12)16(17,18)19/h4-7,11,13H,8-9H2,1-3H3,(H,20,21). The van der Waals surface area contributed by atoms with E-state index in [0.29, 0.717) is 12.8 Å². The van der Waals surface area contributed by atoms with Crippen molar-refractivity contribution in [1.29, 1.82) is 0 Å². The molecule has 2 rings (SSSR count). The second kappa shape index (κ2) is 6.29. The molecule has 0 atom stereocenters. The molecule has 1 N–H and O–H groups in total. The molecule has 1 fully saturated rings. The minimum atomic E-state index is -4.39. The number of halogens is 3. The molecule has 128 valence electrons. The third-order valence-corrected chi connectivity index (χ3v) is 3.28. The number of carbonyl (C=O) groups is 1. The second-order valence-corrected chi connectivity index (χ2v) is 6.58. The molecule has 0 unspecified atom stereocenters. The van der Waals surface area contributed by atoms with Crippen LogP contribution in [0.1, 0.15) is 39.2 Å². The van der Waals surface area contributed by atoms with Gasteiger partial charge in [-0.3, -0.25) is 0 Å². The van der Waals surface area contributed by atoms with Gasteiger partial charge >= 0.3 is 12.3 Å². The number of carbonyl (C=O) groups excluding carboxylic acids is 1. The molecule has 0 radical (unpaired) electrons. The molecular weight excluding hydrogens is 311 g/mol. The van der Waals surface area contributed by atoms with Gasteiger partial charge in [0.15, 0.2) is 0 Å². The first kappa shape index (κ1) is 17.4. The Labute approximate surface area is 133 Å². The third kappa shape index (κ3) is 5.33. The Morgan fingerprint density at radius 3 is 2.43 bits per heavy atom. The number of alkyl carbamates (subject to hydrolysis) is 1. The first-order chi connectivity index (χ1) is 10.5. The number of benzene rings is 1. The van der Waals surface area contributed by atoms with Crippen LogP contribution in [0, 0.1) is 0 Å². The lowest BCUT2D eigenvalue weighted by atomic mass is 9.89. The number of hydrogen-bond donors (Lipinski definition) is 1. The van der Waals surface area contributed by atoms with Crippen LogP contribution in [0.4, 0.5) is 18.0 Å².